The zero-order chi connectivity index (χ0) is 15.6. The van der Waals surface area contributed by atoms with Crippen LogP contribution in [0.4, 0.5) is 11.5 Å². The van der Waals surface area contributed by atoms with E-state index in [1.165, 1.54) is 16.0 Å². The summed E-state index contributed by atoms with van der Waals surface area (Å²) >= 11 is 7.40. The first-order valence-corrected chi connectivity index (χ1v) is 7.79. The molecule has 0 saturated heterocycles. The highest BCUT2D eigenvalue weighted by atomic mass is 35.5. The smallest absolute Gasteiger partial charge is 0.334 e. The Morgan fingerprint density at radius 3 is 2.76 bits per heavy atom. The highest BCUT2D eigenvalue weighted by Crippen LogP contribution is 2.32. The zero-order valence-electron chi connectivity index (χ0n) is 12.1. The average Bonchev–Trinajstić information content (AvgIpc) is 2.94. The Balaban J connectivity index is 2.13. The summed E-state index contributed by atoms with van der Waals surface area (Å²) in [5, 5.41) is 18.7. The van der Waals surface area contributed by atoms with Gasteiger partial charge in [0, 0.05) is 24.4 Å². The zero-order valence-corrected chi connectivity index (χ0v) is 13.7. The summed E-state index contributed by atoms with van der Waals surface area (Å²) in [6, 6.07) is 3.82. The summed E-state index contributed by atoms with van der Waals surface area (Å²) in [6.07, 6.45) is 0.761. The van der Waals surface area contributed by atoms with Gasteiger partial charge in [-0.2, -0.15) is 5.10 Å². The minimum absolute atomic E-state index is 0.00301. The molecule has 8 heteroatoms. The number of hydrogen-bond acceptors (Lipinski definition) is 5. The average molecular weight is 329 g/mol. The van der Waals surface area contributed by atoms with Crippen molar-refractivity contribution in [2.75, 3.05) is 11.9 Å². The predicted molar refractivity (Wildman–Crippen MR) is 85.5 cm³/mol. The van der Waals surface area contributed by atoms with E-state index in [0.29, 0.717) is 18.1 Å². The molecule has 0 radical (unpaired) electrons. The number of hydrogen-bond donors (Lipinski definition) is 1. The summed E-state index contributed by atoms with van der Waals surface area (Å²) in [6.45, 7) is 4.38. The Bertz CT molecular complexity index is 651. The highest BCUT2D eigenvalue weighted by molar-refractivity contribution is 7.16. The number of anilines is 1. The van der Waals surface area contributed by atoms with Crippen LogP contribution in [0.2, 0.25) is 4.34 Å². The molecule has 0 fully saturated rings. The molecule has 0 amide bonds. The van der Waals surface area contributed by atoms with E-state index in [2.05, 4.69) is 10.4 Å². The van der Waals surface area contributed by atoms with Gasteiger partial charge in [0.25, 0.3) is 0 Å². The maximum Gasteiger partial charge on any atom is 0.334 e. The second kappa shape index (κ2) is 6.44. The van der Waals surface area contributed by atoms with Crippen molar-refractivity contribution in [1.29, 1.82) is 0 Å². The van der Waals surface area contributed by atoms with E-state index in [0.717, 1.165) is 15.6 Å². The van der Waals surface area contributed by atoms with Crippen LogP contribution in [-0.4, -0.2) is 21.2 Å². The molecular formula is C13H17ClN4O2S. The fraction of sp³-hybridized carbons (Fsp3) is 0.462. The molecule has 0 bridgehead atoms. The lowest BCUT2D eigenvalue weighted by molar-refractivity contribution is -0.384. The van der Waals surface area contributed by atoms with Gasteiger partial charge in [-0.15, -0.1) is 11.3 Å². The van der Waals surface area contributed by atoms with Gasteiger partial charge < -0.3 is 5.32 Å². The maximum absolute atomic E-state index is 11.3. The van der Waals surface area contributed by atoms with E-state index in [-0.39, 0.29) is 16.5 Å². The van der Waals surface area contributed by atoms with Gasteiger partial charge in [-0.05, 0) is 18.6 Å². The number of nitrogens with one attached hydrogen (secondary N) is 1. The van der Waals surface area contributed by atoms with Crippen molar-refractivity contribution < 1.29 is 4.92 Å². The fourth-order valence-electron chi connectivity index (χ4n) is 2.09. The van der Waals surface area contributed by atoms with Crippen LogP contribution in [0.15, 0.2) is 12.1 Å². The van der Waals surface area contributed by atoms with Crippen molar-refractivity contribution in [3.8, 4) is 0 Å². The fourth-order valence-corrected chi connectivity index (χ4v) is 3.18. The van der Waals surface area contributed by atoms with Crippen molar-refractivity contribution in [2.45, 2.75) is 26.2 Å². The van der Waals surface area contributed by atoms with Crippen LogP contribution < -0.4 is 5.32 Å². The first-order chi connectivity index (χ1) is 9.90. The quantitative estimate of drug-likeness (QED) is 0.646. The Kier molecular flexibility index (Phi) is 4.84. The normalized spacial score (nSPS) is 11.1. The Morgan fingerprint density at radius 1 is 1.52 bits per heavy atom. The van der Waals surface area contributed by atoms with Crippen LogP contribution in [0.1, 0.15) is 30.3 Å². The lowest BCUT2D eigenvalue weighted by Crippen LogP contribution is -2.09. The lowest BCUT2D eigenvalue weighted by atomic mass is 10.1. The number of aromatic nitrogens is 2. The number of halogens is 1. The summed E-state index contributed by atoms with van der Waals surface area (Å²) in [4.78, 5) is 12.1. The minimum Gasteiger partial charge on any atom is -0.364 e. The molecular weight excluding hydrogens is 312 g/mol. The van der Waals surface area contributed by atoms with E-state index in [9.17, 15) is 10.1 Å². The molecule has 114 valence electrons. The largest absolute Gasteiger partial charge is 0.364 e. The summed E-state index contributed by atoms with van der Waals surface area (Å²) in [5.74, 6) is 0.453. The van der Waals surface area contributed by atoms with E-state index in [1.54, 1.807) is 7.05 Å². The molecule has 0 aromatic carbocycles. The van der Waals surface area contributed by atoms with Crippen LogP contribution >= 0.6 is 22.9 Å². The molecule has 2 aromatic rings. The molecule has 2 heterocycles. The number of aryl methyl sites for hydroxylation is 1. The van der Waals surface area contributed by atoms with Crippen LogP contribution in [0.5, 0.6) is 0 Å². The summed E-state index contributed by atoms with van der Waals surface area (Å²) in [7, 11) is 1.71. The number of nitro groups is 1. The van der Waals surface area contributed by atoms with Gasteiger partial charge in [-0.25, -0.2) is 4.68 Å². The molecule has 0 aliphatic heterocycles. The molecule has 0 aliphatic carbocycles. The first-order valence-electron chi connectivity index (χ1n) is 6.59. The van der Waals surface area contributed by atoms with Crippen molar-refractivity contribution in [3.63, 3.8) is 0 Å². The molecule has 0 unspecified atom stereocenters. The number of nitrogens with zero attached hydrogens (tertiary/aromatic N) is 3. The van der Waals surface area contributed by atoms with Gasteiger partial charge in [0.15, 0.2) is 0 Å². The van der Waals surface area contributed by atoms with Gasteiger partial charge in [0.2, 0.25) is 5.82 Å². The summed E-state index contributed by atoms with van der Waals surface area (Å²) in [5.41, 5.74) is 0.570. The standard InChI is InChI=1S/C13H17ClN4O2S/c1-8(2)11-12(18(19)20)13(17(3)16-11)15-7-6-9-4-5-10(14)21-9/h4-5,8,15H,6-7H2,1-3H3. The van der Waals surface area contributed by atoms with Crippen molar-refractivity contribution in [2.24, 2.45) is 7.05 Å². The Morgan fingerprint density at radius 2 is 2.24 bits per heavy atom. The molecule has 21 heavy (non-hydrogen) atoms. The van der Waals surface area contributed by atoms with Crippen LogP contribution in [0, 0.1) is 10.1 Å². The van der Waals surface area contributed by atoms with Gasteiger partial charge in [0.05, 0.1) is 9.26 Å². The third-order valence-electron chi connectivity index (χ3n) is 3.07. The molecule has 2 aromatic heterocycles. The third-order valence-corrected chi connectivity index (χ3v) is 4.36. The van der Waals surface area contributed by atoms with Crippen LogP contribution in [-0.2, 0) is 13.5 Å². The van der Waals surface area contributed by atoms with E-state index < -0.39 is 0 Å². The molecule has 0 spiro atoms. The topological polar surface area (TPSA) is 73.0 Å². The van der Waals surface area contributed by atoms with Crippen LogP contribution in [0.3, 0.4) is 0 Å². The van der Waals surface area contributed by atoms with Crippen molar-refractivity contribution in [3.05, 3.63) is 37.2 Å². The highest BCUT2D eigenvalue weighted by Gasteiger charge is 2.28. The van der Waals surface area contributed by atoms with Gasteiger partial charge >= 0.3 is 5.69 Å². The molecule has 1 N–H and O–H groups in total. The van der Waals surface area contributed by atoms with Gasteiger partial charge in [-0.3, -0.25) is 10.1 Å². The molecule has 0 atom stereocenters. The molecule has 6 nitrogen and oxygen atoms in total. The maximum atomic E-state index is 11.3. The predicted octanol–water partition coefficient (Wildman–Crippen LogP) is 3.82. The monoisotopic (exact) mass is 328 g/mol. The van der Waals surface area contributed by atoms with E-state index in [1.807, 2.05) is 26.0 Å². The molecule has 0 saturated carbocycles. The van der Waals surface area contributed by atoms with Crippen molar-refractivity contribution in [1.82, 2.24) is 9.78 Å². The first kappa shape index (κ1) is 15.8. The van der Waals surface area contributed by atoms with Crippen molar-refractivity contribution >= 4 is 34.4 Å². The number of thiophene rings is 1. The number of rotatable bonds is 6. The summed E-state index contributed by atoms with van der Waals surface area (Å²) < 4.78 is 2.29. The minimum atomic E-state index is -0.368. The third kappa shape index (κ3) is 3.54. The van der Waals surface area contributed by atoms with Gasteiger partial charge in [-0.1, -0.05) is 25.4 Å². The lowest BCUT2D eigenvalue weighted by Gasteiger charge is -2.05. The van der Waals surface area contributed by atoms with E-state index in [4.69, 9.17) is 11.6 Å². The second-order valence-electron chi connectivity index (χ2n) is 5.00. The SMILES string of the molecule is CC(C)c1nn(C)c(NCCc2ccc(Cl)s2)c1[N+](=O)[O-]. The molecule has 2 rings (SSSR count). The molecule has 0 aliphatic rings. The van der Waals surface area contributed by atoms with E-state index >= 15 is 0 Å². The Hall–Kier alpha value is -1.60. The Labute approximate surface area is 131 Å². The second-order valence-corrected chi connectivity index (χ2v) is 6.80. The van der Waals surface area contributed by atoms with Crippen LogP contribution in [0.25, 0.3) is 0 Å². The van der Waals surface area contributed by atoms with Gasteiger partial charge in [0.1, 0.15) is 5.69 Å².